The molecule has 1 aromatic heterocycles. The quantitative estimate of drug-likeness (QED) is 0.818. The number of likely N-dealkylation sites (tertiary alicyclic amines) is 1. The number of carbonyl (C=O) groups is 1. The molecule has 27 heavy (non-hydrogen) atoms. The molecule has 144 valence electrons. The third-order valence-electron chi connectivity index (χ3n) is 6.00. The number of carbonyl (C=O) groups excluding carboxylic acids is 1. The first kappa shape index (κ1) is 18.1. The van der Waals surface area contributed by atoms with Crippen molar-refractivity contribution >= 4 is 5.91 Å². The second-order valence-electron chi connectivity index (χ2n) is 7.38. The molecule has 1 aliphatic heterocycles. The normalized spacial score (nSPS) is 21.2. The Kier molecular flexibility index (Phi) is 5.22. The van der Waals surface area contributed by atoms with Gasteiger partial charge in [0.25, 0.3) is 5.91 Å². The van der Waals surface area contributed by atoms with E-state index in [1.54, 1.807) is 7.11 Å². The summed E-state index contributed by atoms with van der Waals surface area (Å²) in [6.07, 6.45) is 5.54. The van der Waals surface area contributed by atoms with Gasteiger partial charge in [0, 0.05) is 20.2 Å². The molecule has 1 saturated heterocycles. The standard InChI is InChI=1S/C20H26N4O3/c1-26-12-13-27-17-6-7-20(16-5-3-2-4-15(16)17)8-10-24(11-9-20)19(25)18-21-14-22-23-18/h2-5,14,17H,6-13H2,1H3,(H,21,22,23). The number of hydrogen-bond acceptors (Lipinski definition) is 5. The zero-order valence-corrected chi connectivity index (χ0v) is 15.7. The lowest BCUT2D eigenvalue weighted by atomic mass is 9.64. The van der Waals surface area contributed by atoms with Crippen LogP contribution in [-0.2, 0) is 14.9 Å². The van der Waals surface area contributed by atoms with Crippen LogP contribution in [0.25, 0.3) is 0 Å². The van der Waals surface area contributed by atoms with Gasteiger partial charge in [-0.1, -0.05) is 24.3 Å². The molecule has 4 rings (SSSR count). The van der Waals surface area contributed by atoms with Crippen LogP contribution >= 0.6 is 0 Å². The van der Waals surface area contributed by atoms with Crippen molar-refractivity contribution in [3.63, 3.8) is 0 Å². The molecule has 1 aromatic carbocycles. The molecule has 0 radical (unpaired) electrons. The molecule has 1 atom stereocenters. The van der Waals surface area contributed by atoms with E-state index in [0.29, 0.717) is 19.0 Å². The van der Waals surface area contributed by atoms with Crippen molar-refractivity contribution in [2.24, 2.45) is 0 Å². The number of amides is 1. The van der Waals surface area contributed by atoms with Crippen molar-refractivity contribution in [1.82, 2.24) is 20.1 Å². The summed E-state index contributed by atoms with van der Waals surface area (Å²) in [5.41, 5.74) is 2.83. The predicted molar refractivity (Wildman–Crippen MR) is 99.4 cm³/mol. The number of methoxy groups -OCH3 is 1. The molecular formula is C20H26N4O3. The van der Waals surface area contributed by atoms with E-state index >= 15 is 0 Å². The minimum atomic E-state index is -0.0628. The van der Waals surface area contributed by atoms with Gasteiger partial charge in [0.2, 0.25) is 5.82 Å². The summed E-state index contributed by atoms with van der Waals surface area (Å²) in [5.74, 6) is 0.258. The number of aromatic amines is 1. The predicted octanol–water partition coefficient (Wildman–Crippen LogP) is 2.48. The monoisotopic (exact) mass is 370 g/mol. The Bertz CT molecular complexity index is 769. The lowest BCUT2D eigenvalue weighted by molar-refractivity contribution is -0.00276. The Hall–Kier alpha value is -2.25. The minimum absolute atomic E-state index is 0.0628. The largest absolute Gasteiger partial charge is 0.382 e. The Balaban J connectivity index is 1.49. The van der Waals surface area contributed by atoms with Crippen molar-refractivity contribution < 1.29 is 14.3 Å². The fourth-order valence-electron chi connectivity index (χ4n) is 4.52. The van der Waals surface area contributed by atoms with Crippen LogP contribution in [0.2, 0.25) is 0 Å². The molecule has 0 saturated carbocycles. The number of nitrogens with one attached hydrogen (secondary N) is 1. The van der Waals surface area contributed by atoms with Crippen molar-refractivity contribution in [2.75, 3.05) is 33.4 Å². The Morgan fingerprint density at radius 2 is 2.07 bits per heavy atom. The summed E-state index contributed by atoms with van der Waals surface area (Å²) >= 11 is 0. The van der Waals surface area contributed by atoms with Gasteiger partial charge in [-0.15, -0.1) is 0 Å². The first-order valence-corrected chi connectivity index (χ1v) is 9.58. The van der Waals surface area contributed by atoms with E-state index in [0.717, 1.165) is 38.8 Å². The number of H-pyrrole nitrogens is 1. The molecule has 7 nitrogen and oxygen atoms in total. The van der Waals surface area contributed by atoms with Gasteiger partial charge in [-0.3, -0.25) is 9.89 Å². The minimum Gasteiger partial charge on any atom is -0.382 e. The Morgan fingerprint density at radius 3 is 2.81 bits per heavy atom. The molecule has 1 fully saturated rings. The molecule has 0 bridgehead atoms. The third-order valence-corrected chi connectivity index (χ3v) is 6.00. The summed E-state index contributed by atoms with van der Waals surface area (Å²) in [5, 5.41) is 6.46. The molecule has 1 spiro atoms. The van der Waals surface area contributed by atoms with Gasteiger partial charge in [0.05, 0.1) is 19.3 Å². The third kappa shape index (κ3) is 3.49. The van der Waals surface area contributed by atoms with Crippen LogP contribution in [0.3, 0.4) is 0 Å². The van der Waals surface area contributed by atoms with Gasteiger partial charge < -0.3 is 14.4 Å². The highest BCUT2D eigenvalue weighted by atomic mass is 16.5. The highest BCUT2D eigenvalue weighted by Gasteiger charge is 2.43. The Labute approximate surface area is 159 Å². The van der Waals surface area contributed by atoms with E-state index in [4.69, 9.17) is 9.47 Å². The highest BCUT2D eigenvalue weighted by Crippen LogP contribution is 2.48. The molecule has 1 N–H and O–H groups in total. The average molecular weight is 370 g/mol. The number of fused-ring (bicyclic) bond motifs is 2. The molecule has 2 aromatic rings. The number of benzene rings is 1. The van der Waals surface area contributed by atoms with Gasteiger partial charge in [0.15, 0.2) is 0 Å². The number of nitrogens with zero attached hydrogens (tertiary/aromatic N) is 3. The van der Waals surface area contributed by atoms with E-state index < -0.39 is 0 Å². The van der Waals surface area contributed by atoms with Crippen molar-refractivity contribution in [2.45, 2.75) is 37.2 Å². The summed E-state index contributed by atoms with van der Waals surface area (Å²) in [7, 11) is 1.70. The second-order valence-corrected chi connectivity index (χ2v) is 7.38. The lowest BCUT2D eigenvalue weighted by Crippen LogP contribution is -2.47. The van der Waals surface area contributed by atoms with Gasteiger partial charge in [0.1, 0.15) is 6.33 Å². The van der Waals surface area contributed by atoms with Crippen LogP contribution < -0.4 is 0 Å². The molecule has 1 aliphatic carbocycles. The average Bonchev–Trinajstić information content (AvgIpc) is 3.25. The molecule has 1 amide bonds. The van der Waals surface area contributed by atoms with E-state index in [-0.39, 0.29) is 17.4 Å². The maximum atomic E-state index is 12.5. The van der Waals surface area contributed by atoms with E-state index in [1.807, 2.05) is 4.90 Å². The van der Waals surface area contributed by atoms with Crippen molar-refractivity contribution in [3.8, 4) is 0 Å². The van der Waals surface area contributed by atoms with Crippen molar-refractivity contribution in [3.05, 3.63) is 47.5 Å². The first-order valence-electron chi connectivity index (χ1n) is 9.58. The molecule has 7 heteroatoms. The van der Waals surface area contributed by atoms with Crippen molar-refractivity contribution in [1.29, 1.82) is 0 Å². The lowest BCUT2D eigenvalue weighted by Gasteiger charge is -2.47. The summed E-state index contributed by atoms with van der Waals surface area (Å²) in [6.45, 7) is 2.70. The maximum absolute atomic E-state index is 12.5. The molecule has 2 aliphatic rings. The summed E-state index contributed by atoms with van der Waals surface area (Å²) in [4.78, 5) is 18.4. The molecular weight excluding hydrogens is 344 g/mol. The van der Waals surface area contributed by atoms with Crippen LogP contribution in [0.5, 0.6) is 0 Å². The summed E-state index contributed by atoms with van der Waals surface area (Å²) in [6, 6.07) is 8.64. The zero-order valence-electron chi connectivity index (χ0n) is 15.7. The highest BCUT2D eigenvalue weighted by molar-refractivity contribution is 5.90. The zero-order chi connectivity index (χ0) is 18.7. The number of hydrogen-bond donors (Lipinski definition) is 1. The van der Waals surface area contributed by atoms with Gasteiger partial charge in [-0.2, -0.15) is 5.10 Å². The number of piperidine rings is 1. The van der Waals surface area contributed by atoms with Crippen LogP contribution in [0.4, 0.5) is 0 Å². The van der Waals surface area contributed by atoms with Gasteiger partial charge in [-0.05, 0) is 42.2 Å². The van der Waals surface area contributed by atoms with Gasteiger partial charge >= 0.3 is 0 Å². The number of ether oxygens (including phenoxy) is 2. The fraction of sp³-hybridized carbons (Fsp3) is 0.550. The molecule has 2 heterocycles. The smallest absolute Gasteiger partial charge is 0.291 e. The molecule has 1 unspecified atom stereocenters. The topological polar surface area (TPSA) is 80.3 Å². The summed E-state index contributed by atoms with van der Waals surface area (Å²) < 4.78 is 11.2. The maximum Gasteiger partial charge on any atom is 0.291 e. The fourth-order valence-corrected chi connectivity index (χ4v) is 4.52. The van der Waals surface area contributed by atoms with E-state index in [9.17, 15) is 4.79 Å². The van der Waals surface area contributed by atoms with E-state index in [2.05, 4.69) is 39.4 Å². The first-order chi connectivity index (χ1) is 13.2. The number of rotatable bonds is 5. The van der Waals surface area contributed by atoms with Gasteiger partial charge in [-0.25, -0.2) is 4.98 Å². The Morgan fingerprint density at radius 1 is 1.26 bits per heavy atom. The van der Waals surface area contributed by atoms with Crippen LogP contribution in [0.1, 0.15) is 53.5 Å². The number of aromatic nitrogens is 3. The van der Waals surface area contributed by atoms with E-state index in [1.165, 1.54) is 17.5 Å². The SMILES string of the molecule is COCCOC1CCC2(CCN(C(=O)c3ncn[nH]3)CC2)c2ccccc21. The second kappa shape index (κ2) is 7.78. The van der Waals surface area contributed by atoms with Crippen LogP contribution in [-0.4, -0.2) is 59.4 Å². The van der Waals surface area contributed by atoms with Crippen LogP contribution in [0, 0.1) is 0 Å². The van der Waals surface area contributed by atoms with Crippen LogP contribution in [0.15, 0.2) is 30.6 Å².